The number of nitrogen functional groups attached to an aromatic ring is 1. The Labute approximate surface area is 197 Å². The Morgan fingerprint density at radius 3 is 1.47 bits per heavy atom. The van der Waals surface area contributed by atoms with Crippen molar-refractivity contribution in [1.82, 2.24) is 0 Å². The molecule has 180 valence electrons. The summed E-state index contributed by atoms with van der Waals surface area (Å²) < 4.78 is 0. The van der Waals surface area contributed by atoms with Crippen molar-refractivity contribution in [2.75, 3.05) is 5.73 Å². The molecule has 0 spiro atoms. The van der Waals surface area contributed by atoms with Crippen LogP contribution >= 0.6 is 0 Å². The molecule has 2 aromatic carbocycles. The van der Waals surface area contributed by atoms with Gasteiger partial charge in [0.2, 0.25) is 0 Å². The van der Waals surface area contributed by atoms with Crippen LogP contribution in [-0.2, 0) is 25.7 Å². The van der Waals surface area contributed by atoms with Gasteiger partial charge in [-0.1, -0.05) is 67.5 Å². The topological polar surface area (TPSA) is 69.2 Å². The summed E-state index contributed by atoms with van der Waals surface area (Å²) in [6.45, 7) is 17.6. The van der Waals surface area contributed by atoms with Crippen LogP contribution in [0.4, 0.5) is 11.4 Å². The van der Waals surface area contributed by atoms with Crippen LogP contribution in [0, 0.1) is 33.8 Å². The average Bonchev–Trinajstić information content (AvgIpc) is 2.64. The van der Waals surface area contributed by atoms with Crippen molar-refractivity contribution < 1.29 is 6.35 Å². The van der Waals surface area contributed by atoms with E-state index >= 15 is 0 Å². The molecule has 0 aliphatic rings. The first kappa shape index (κ1) is 27.7. The van der Waals surface area contributed by atoms with E-state index in [1.165, 1.54) is 16.7 Å². The van der Waals surface area contributed by atoms with Crippen LogP contribution in [0.15, 0.2) is 36.4 Å². The van der Waals surface area contributed by atoms with Gasteiger partial charge >= 0.3 is 0 Å². The van der Waals surface area contributed by atoms with Crippen LogP contribution < -0.4 is 5.73 Å². The number of nitro groups is 1. The quantitative estimate of drug-likeness (QED) is 0.244. The van der Waals surface area contributed by atoms with Crippen LogP contribution in [0.25, 0.3) is 0 Å². The summed E-state index contributed by atoms with van der Waals surface area (Å²) in [5.74, 6) is 2.49. The zero-order valence-electron chi connectivity index (χ0n) is 21.4. The largest absolute Gasteiger partial charge is 0.399 e. The highest BCUT2D eigenvalue weighted by atomic mass is 16.6. The van der Waals surface area contributed by atoms with Crippen molar-refractivity contribution in [1.29, 1.82) is 0 Å². The van der Waals surface area contributed by atoms with Gasteiger partial charge in [0.15, 0.2) is 0 Å². The fraction of sp³-hybridized carbons (Fsp3) is 0.571. The molecule has 0 bridgehead atoms. The van der Waals surface area contributed by atoms with Gasteiger partial charge in [-0.3, -0.25) is 10.1 Å². The SMILES string of the molecule is CC(C)Cc1ccc(N)cc1CC(C)C.CC(C)Cc1ccc([N+](=O)[O-])cc1CC(C)C.[HH]. The van der Waals surface area contributed by atoms with Crippen LogP contribution in [-0.4, -0.2) is 4.92 Å². The van der Waals surface area contributed by atoms with Gasteiger partial charge in [0.25, 0.3) is 5.69 Å². The molecular formula is C28H46N2O2. The van der Waals surface area contributed by atoms with Gasteiger partial charge in [-0.15, -0.1) is 0 Å². The van der Waals surface area contributed by atoms with E-state index in [0.717, 1.165) is 36.9 Å². The molecule has 0 amide bonds. The van der Waals surface area contributed by atoms with E-state index in [-0.39, 0.29) is 12.0 Å². The molecule has 0 aliphatic carbocycles. The zero-order valence-corrected chi connectivity index (χ0v) is 21.4. The number of benzene rings is 2. The van der Waals surface area contributed by atoms with Gasteiger partial charge in [0.1, 0.15) is 0 Å². The Balaban J connectivity index is 0.000000607. The number of hydrogen-bond donors (Lipinski definition) is 1. The van der Waals surface area contributed by atoms with Gasteiger partial charge in [-0.25, -0.2) is 0 Å². The highest BCUT2D eigenvalue weighted by Crippen LogP contribution is 2.23. The maximum absolute atomic E-state index is 10.8. The summed E-state index contributed by atoms with van der Waals surface area (Å²) in [7, 11) is 0. The Bertz CT molecular complexity index is 861. The summed E-state index contributed by atoms with van der Waals surface area (Å²) in [5.41, 5.74) is 12.2. The van der Waals surface area contributed by atoms with E-state index < -0.39 is 0 Å². The van der Waals surface area contributed by atoms with Crippen molar-refractivity contribution >= 4 is 11.4 Å². The highest BCUT2D eigenvalue weighted by Gasteiger charge is 2.12. The molecule has 4 nitrogen and oxygen atoms in total. The summed E-state index contributed by atoms with van der Waals surface area (Å²) in [5, 5.41) is 10.8. The third-order valence-corrected chi connectivity index (χ3v) is 5.14. The molecule has 0 unspecified atom stereocenters. The number of anilines is 1. The second kappa shape index (κ2) is 13.2. The Hall–Kier alpha value is -2.36. The van der Waals surface area contributed by atoms with Crippen LogP contribution in [0.2, 0.25) is 0 Å². The molecule has 32 heavy (non-hydrogen) atoms. The number of non-ortho nitro benzene ring substituents is 1. The molecular weight excluding hydrogens is 396 g/mol. The van der Waals surface area contributed by atoms with Gasteiger partial charge < -0.3 is 5.73 Å². The number of hydrogen-bond acceptors (Lipinski definition) is 3. The van der Waals surface area contributed by atoms with Crippen molar-refractivity contribution in [2.24, 2.45) is 23.7 Å². The van der Waals surface area contributed by atoms with E-state index in [1.54, 1.807) is 12.1 Å². The summed E-state index contributed by atoms with van der Waals surface area (Å²) in [4.78, 5) is 10.5. The van der Waals surface area contributed by atoms with Gasteiger partial charge in [-0.2, -0.15) is 0 Å². The Kier molecular flexibility index (Phi) is 11.5. The molecule has 0 heterocycles. The fourth-order valence-corrected chi connectivity index (χ4v) is 3.91. The lowest BCUT2D eigenvalue weighted by molar-refractivity contribution is -0.384. The Morgan fingerprint density at radius 1 is 0.688 bits per heavy atom. The monoisotopic (exact) mass is 442 g/mol. The lowest BCUT2D eigenvalue weighted by Crippen LogP contribution is -2.04. The molecule has 2 rings (SSSR count). The third kappa shape index (κ3) is 10.3. The molecule has 0 aromatic heterocycles. The molecule has 0 saturated carbocycles. The molecule has 2 aromatic rings. The minimum absolute atomic E-state index is 0. The second-order valence-electron chi connectivity index (χ2n) is 10.6. The number of nitrogens with zero attached hydrogens (tertiary/aromatic N) is 1. The fourth-order valence-electron chi connectivity index (χ4n) is 3.91. The van der Waals surface area contributed by atoms with E-state index in [9.17, 15) is 10.1 Å². The van der Waals surface area contributed by atoms with Crippen LogP contribution in [0.3, 0.4) is 0 Å². The standard InChI is InChI=1S/C14H21NO2.C14H23N.H2/c1-10(2)7-12-5-6-14(15(16)17)9-13(12)8-11(3)4;1-10(2)7-12-5-6-14(15)9-13(12)8-11(3)4;/h5-6,9-11H,7-8H2,1-4H3;5-6,9-11H,7-8,15H2,1-4H3;1H. The lowest BCUT2D eigenvalue weighted by Gasteiger charge is -2.14. The lowest BCUT2D eigenvalue weighted by atomic mass is 9.92. The average molecular weight is 443 g/mol. The molecule has 0 fully saturated rings. The highest BCUT2D eigenvalue weighted by molar-refractivity contribution is 5.45. The first-order valence-corrected chi connectivity index (χ1v) is 12.0. The molecule has 0 radical (unpaired) electrons. The Morgan fingerprint density at radius 2 is 1.06 bits per heavy atom. The summed E-state index contributed by atoms with van der Waals surface area (Å²) in [6.07, 6.45) is 4.18. The van der Waals surface area contributed by atoms with Gasteiger partial charge in [-0.05, 0) is 83.7 Å². The summed E-state index contributed by atoms with van der Waals surface area (Å²) in [6, 6.07) is 11.6. The maximum Gasteiger partial charge on any atom is 0.269 e. The van der Waals surface area contributed by atoms with Crippen molar-refractivity contribution in [3.63, 3.8) is 0 Å². The predicted octanol–water partition coefficient (Wildman–Crippen LogP) is 7.90. The number of nitro benzene ring substituents is 1. The maximum atomic E-state index is 10.8. The van der Waals surface area contributed by atoms with Crippen molar-refractivity contribution in [2.45, 2.75) is 81.1 Å². The van der Waals surface area contributed by atoms with Crippen molar-refractivity contribution in [3.8, 4) is 0 Å². The molecule has 0 saturated heterocycles. The van der Waals surface area contributed by atoms with E-state index in [2.05, 4.69) is 67.5 Å². The van der Waals surface area contributed by atoms with Crippen molar-refractivity contribution in [3.05, 3.63) is 68.8 Å². The minimum Gasteiger partial charge on any atom is -0.399 e. The first-order valence-electron chi connectivity index (χ1n) is 12.0. The third-order valence-electron chi connectivity index (χ3n) is 5.14. The van der Waals surface area contributed by atoms with Gasteiger partial charge in [0.05, 0.1) is 4.92 Å². The van der Waals surface area contributed by atoms with Crippen LogP contribution in [0.5, 0.6) is 0 Å². The number of rotatable bonds is 9. The zero-order chi connectivity index (χ0) is 24.4. The van der Waals surface area contributed by atoms with Gasteiger partial charge in [0, 0.05) is 19.2 Å². The first-order chi connectivity index (χ1) is 14.9. The van der Waals surface area contributed by atoms with E-state index in [1.807, 2.05) is 12.1 Å². The smallest absolute Gasteiger partial charge is 0.269 e. The summed E-state index contributed by atoms with van der Waals surface area (Å²) >= 11 is 0. The normalized spacial score (nSPS) is 11.2. The van der Waals surface area contributed by atoms with E-state index in [0.29, 0.717) is 23.7 Å². The van der Waals surface area contributed by atoms with E-state index in [4.69, 9.17) is 5.73 Å². The molecule has 0 atom stereocenters. The molecule has 0 aliphatic heterocycles. The molecule has 2 N–H and O–H groups in total. The van der Waals surface area contributed by atoms with Crippen LogP contribution in [0.1, 0.15) is 79.1 Å². The predicted molar refractivity (Wildman–Crippen MR) is 140 cm³/mol. The second-order valence-corrected chi connectivity index (χ2v) is 10.6. The molecule has 4 heteroatoms. The number of nitrogens with two attached hydrogens (primary N) is 1. The minimum atomic E-state index is -0.316.